The molecule has 204 valence electrons. The Balaban J connectivity index is 1.49. The number of rotatable bonds is 6. The normalized spacial score (nSPS) is 11.9. The predicted molar refractivity (Wildman–Crippen MR) is 161 cm³/mol. The molecule has 6 rings (SSSR count). The van der Waals surface area contributed by atoms with Crippen LogP contribution in [0.1, 0.15) is 33.5 Å². The summed E-state index contributed by atoms with van der Waals surface area (Å²) >= 11 is 1.14. The number of hydrogen-bond acceptors (Lipinski definition) is 7. The molecule has 0 unspecified atom stereocenters. The summed E-state index contributed by atoms with van der Waals surface area (Å²) in [6, 6.07) is 21.5. The standard InChI is InChI=1S/C32H27N5O3S/c1-19-14-20(2)28(21(3)15-19)29-23(18-36(35-29)24-8-6-5-7-9-24)17-27-31(39)37-32(41-27)33-30(38)26(34-37)16-22-10-12-25(40-4)13-11-22/h5-15,17-18H,16H2,1-4H3. The summed E-state index contributed by atoms with van der Waals surface area (Å²) in [6.45, 7) is 6.22. The zero-order valence-corrected chi connectivity index (χ0v) is 23.9. The first-order valence-electron chi connectivity index (χ1n) is 13.1. The highest BCUT2D eigenvalue weighted by Gasteiger charge is 2.17. The lowest BCUT2D eigenvalue weighted by atomic mass is 9.95. The van der Waals surface area contributed by atoms with Crippen LogP contribution in [0, 0.1) is 20.8 Å². The van der Waals surface area contributed by atoms with Crippen molar-refractivity contribution in [3.63, 3.8) is 0 Å². The van der Waals surface area contributed by atoms with Crippen LogP contribution in [0.15, 0.2) is 82.5 Å². The van der Waals surface area contributed by atoms with Crippen LogP contribution in [-0.2, 0) is 6.42 Å². The maximum atomic E-state index is 13.5. The van der Waals surface area contributed by atoms with E-state index < -0.39 is 5.56 Å². The summed E-state index contributed by atoms with van der Waals surface area (Å²) in [4.78, 5) is 30.8. The summed E-state index contributed by atoms with van der Waals surface area (Å²) in [5.74, 6) is 0.720. The molecule has 0 fully saturated rings. The van der Waals surface area contributed by atoms with Gasteiger partial charge in [-0.1, -0.05) is 59.4 Å². The molecule has 6 aromatic rings. The van der Waals surface area contributed by atoms with Crippen LogP contribution in [0.5, 0.6) is 5.75 Å². The highest BCUT2D eigenvalue weighted by Crippen LogP contribution is 2.31. The van der Waals surface area contributed by atoms with Gasteiger partial charge < -0.3 is 4.74 Å². The summed E-state index contributed by atoms with van der Waals surface area (Å²) < 4.78 is 8.67. The molecule has 0 saturated heterocycles. The van der Waals surface area contributed by atoms with Gasteiger partial charge >= 0.3 is 0 Å². The van der Waals surface area contributed by atoms with Crippen molar-refractivity contribution in [2.24, 2.45) is 0 Å². The number of para-hydroxylation sites is 1. The SMILES string of the molecule is COc1ccc(Cc2nn3c(=O)c(=Cc4cn(-c5ccccc5)nc4-c4c(C)cc(C)cc4C)sc3nc2=O)cc1. The van der Waals surface area contributed by atoms with E-state index in [4.69, 9.17) is 9.84 Å². The largest absolute Gasteiger partial charge is 0.497 e. The van der Waals surface area contributed by atoms with Crippen molar-refractivity contribution in [1.29, 1.82) is 0 Å². The van der Waals surface area contributed by atoms with E-state index >= 15 is 0 Å². The van der Waals surface area contributed by atoms with Gasteiger partial charge in [-0.15, -0.1) is 0 Å². The second-order valence-electron chi connectivity index (χ2n) is 9.99. The Morgan fingerprint density at radius 1 is 0.927 bits per heavy atom. The molecule has 0 aliphatic carbocycles. The van der Waals surface area contributed by atoms with Crippen LogP contribution >= 0.6 is 11.3 Å². The number of aromatic nitrogens is 5. The topological polar surface area (TPSA) is 91.4 Å². The lowest BCUT2D eigenvalue weighted by molar-refractivity contribution is 0.414. The average Bonchev–Trinajstić information content (AvgIpc) is 3.50. The third-order valence-electron chi connectivity index (χ3n) is 6.94. The smallest absolute Gasteiger partial charge is 0.296 e. The number of thiazole rings is 1. The minimum atomic E-state index is -0.447. The Morgan fingerprint density at radius 2 is 1.63 bits per heavy atom. The molecule has 0 bridgehead atoms. The first-order chi connectivity index (χ1) is 19.8. The number of aryl methyl sites for hydroxylation is 3. The van der Waals surface area contributed by atoms with Crippen molar-refractivity contribution in [2.75, 3.05) is 7.11 Å². The van der Waals surface area contributed by atoms with E-state index in [9.17, 15) is 9.59 Å². The van der Waals surface area contributed by atoms with Gasteiger partial charge in [-0.2, -0.15) is 19.7 Å². The van der Waals surface area contributed by atoms with Crippen molar-refractivity contribution in [3.05, 3.63) is 132 Å². The third-order valence-corrected chi connectivity index (χ3v) is 7.90. The first kappa shape index (κ1) is 26.3. The van der Waals surface area contributed by atoms with Gasteiger partial charge in [0.1, 0.15) is 17.1 Å². The Labute approximate surface area is 239 Å². The molecule has 41 heavy (non-hydrogen) atoms. The number of methoxy groups -OCH3 is 1. The quantitative estimate of drug-likeness (QED) is 0.299. The van der Waals surface area contributed by atoms with Gasteiger partial charge in [0.15, 0.2) is 0 Å². The van der Waals surface area contributed by atoms with Crippen molar-refractivity contribution < 1.29 is 4.74 Å². The second kappa shape index (κ2) is 10.6. The molecule has 0 amide bonds. The number of hydrogen-bond donors (Lipinski definition) is 0. The molecular weight excluding hydrogens is 534 g/mol. The minimum absolute atomic E-state index is 0.206. The van der Waals surface area contributed by atoms with E-state index in [0.29, 0.717) is 4.53 Å². The highest BCUT2D eigenvalue weighted by molar-refractivity contribution is 7.15. The van der Waals surface area contributed by atoms with Crippen molar-refractivity contribution in [2.45, 2.75) is 27.2 Å². The molecule has 0 aliphatic rings. The molecule has 0 atom stereocenters. The summed E-state index contributed by atoms with van der Waals surface area (Å²) in [5.41, 5.74) is 7.18. The Bertz CT molecular complexity index is 2050. The molecule has 0 aliphatic heterocycles. The van der Waals surface area contributed by atoms with Gasteiger partial charge in [0.25, 0.3) is 11.1 Å². The van der Waals surface area contributed by atoms with Crippen LogP contribution in [-0.4, -0.2) is 31.5 Å². The van der Waals surface area contributed by atoms with Crippen LogP contribution in [0.2, 0.25) is 0 Å². The maximum Gasteiger partial charge on any atom is 0.296 e. The lowest BCUT2D eigenvalue weighted by Crippen LogP contribution is -2.28. The third kappa shape index (κ3) is 5.07. The number of nitrogens with zero attached hydrogens (tertiary/aromatic N) is 5. The number of ether oxygens (including phenoxy) is 1. The average molecular weight is 562 g/mol. The van der Waals surface area contributed by atoms with Gasteiger partial charge in [0, 0.05) is 23.7 Å². The van der Waals surface area contributed by atoms with E-state index in [1.807, 2.05) is 71.6 Å². The summed E-state index contributed by atoms with van der Waals surface area (Å²) in [5, 5.41) is 9.37. The van der Waals surface area contributed by atoms with E-state index in [-0.39, 0.29) is 22.6 Å². The molecule has 0 saturated carbocycles. The predicted octanol–water partition coefficient (Wildman–Crippen LogP) is 4.44. The molecule has 9 heteroatoms. The molecular formula is C32H27N5O3S. The van der Waals surface area contributed by atoms with Gasteiger partial charge in [-0.3, -0.25) is 9.59 Å². The Hall–Kier alpha value is -4.89. The highest BCUT2D eigenvalue weighted by atomic mass is 32.1. The molecule has 3 aromatic carbocycles. The first-order valence-corrected chi connectivity index (χ1v) is 13.9. The van der Waals surface area contributed by atoms with E-state index in [0.717, 1.165) is 56.3 Å². The zero-order chi connectivity index (χ0) is 28.7. The molecule has 8 nitrogen and oxygen atoms in total. The van der Waals surface area contributed by atoms with Crippen molar-refractivity contribution in [1.82, 2.24) is 24.4 Å². The molecule has 3 heterocycles. The molecule has 0 N–H and O–H groups in total. The number of benzene rings is 3. The van der Waals surface area contributed by atoms with Gasteiger partial charge in [0.05, 0.1) is 17.3 Å². The van der Waals surface area contributed by atoms with E-state index in [2.05, 4.69) is 43.0 Å². The summed E-state index contributed by atoms with van der Waals surface area (Å²) in [7, 11) is 1.60. The van der Waals surface area contributed by atoms with Gasteiger partial charge in [0.2, 0.25) is 4.96 Å². The second-order valence-corrected chi connectivity index (χ2v) is 11.0. The van der Waals surface area contributed by atoms with Gasteiger partial charge in [-0.25, -0.2) is 4.68 Å². The van der Waals surface area contributed by atoms with Crippen LogP contribution in [0.3, 0.4) is 0 Å². The minimum Gasteiger partial charge on any atom is -0.497 e. The zero-order valence-electron chi connectivity index (χ0n) is 23.1. The van der Waals surface area contributed by atoms with E-state index in [1.54, 1.807) is 7.11 Å². The Morgan fingerprint density at radius 3 is 2.32 bits per heavy atom. The van der Waals surface area contributed by atoms with Crippen LogP contribution in [0.4, 0.5) is 0 Å². The monoisotopic (exact) mass is 561 g/mol. The van der Waals surface area contributed by atoms with E-state index in [1.165, 1.54) is 10.1 Å². The molecule has 3 aromatic heterocycles. The van der Waals surface area contributed by atoms with Gasteiger partial charge in [-0.05, 0) is 67.8 Å². The fraction of sp³-hybridized carbons (Fsp3) is 0.156. The van der Waals surface area contributed by atoms with Crippen molar-refractivity contribution in [3.8, 4) is 22.7 Å². The fourth-order valence-electron chi connectivity index (χ4n) is 5.08. The fourth-order valence-corrected chi connectivity index (χ4v) is 5.98. The maximum absolute atomic E-state index is 13.5. The van der Waals surface area contributed by atoms with Crippen molar-refractivity contribution >= 4 is 22.4 Å². The lowest BCUT2D eigenvalue weighted by Gasteiger charge is -2.10. The number of fused-ring (bicyclic) bond motifs is 1. The molecule has 0 radical (unpaired) electrons. The van der Waals surface area contributed by atoms with Crippen LogP contribution < -0.4 is 20.4 Å². The Kier molecular flexibility index (Phi) is 6.80. The summed E-state index contributed by atoms with van der Waals surface area (Å²) in [6.07, 6.45) is 4.00. The molecule has 0 spiro atoms. The van der Waals surface area contributed by atoms with Crippen LogP contribution in [0.25, 0.3) is 28.0 Å².